The fourth-order valence-electron chi connectivity index (χ4n) is 1.61. The zero-order chi connectivity index (χ0) is 13.0. The van der Waals surface area contributed by atoms with Gasteiger partial charge in [0.05, 0.1) is 23.4 Å². The van der Waals surface area contributed by atoms with E-state index in [1.165, 1.54) is 11.8 Å². The van der Waals surface area contributed by atoms with Gasteiger partial charge in [-0.2, -0.15) is 0 Å². The Morgan fingerprint density at radius 2 is 2.17 bits per heavy atom. The number of carbonyl (C=O) groups excluding carboxylic acids is 1. The maximum absolute atomic E-state index is 11.1. The lowest BCUT2D eigenvalue weighted by atomic mass is 10.2. The summed E-state index contributed by atoms with van der Waals surface area (Å²) in [4.78, 5) is 20.4. The topological polar surface area (TPSA) is 52.1 Å². The molecule has 18 heavy (non-hydrogen) atoms. The van der Waals surface area contributed by atoms with Crippen molar-refractivity contribution in [3.05, 3.63) is 36.2 Å². The minimum Gasteiger partial charge on any atom is -0.495 e. The van der Waals surface area contributed by atoms with E-state index >= 15 is 0 Å². The van der Waals surface area contributed by atoms with Crippen LogP contribution in [0.1, 0.15) is 10.5 Å². The van der Waals surface area contributed by atoms with Crippen molar-refractivity contribution in [2.24, 2.45) is 0 Å². The van der Waals surface area contributed by atoms with E-state index in [9.17, 15) is 4.79 Å². The Morgan fingerprint density at radius 3 is 2.72 bits per heavy atom. The normalized spacial score (nSPS) is 10.1. The Hall–Kier alpha value is -1.88. The van der Waals surface area contributed by atoms with Crippen molar-refractivity contribution in [1.29, 1.82) is 0 Å². The van der Waals surface area contributed by atoms with Crippen molar-refractivity contribution >= 4 is 18.0 Å². The fourth-order valence-corrected chi connectivity index (χ4v) is 2.26. The second-order valence-electron chi connectivity index (χ2n) is 3.46. The monoisotopic (exact) mass is 260 g/mol. The predicted octanol–water partition coefficient (Wildman–Crippen LogP) is 2.69. The number of aldehydes is 1. The lowest BCUT2D eigenvalue weighted by molar-refractivity contribution is 0.111. The first kappa shape index (κ1) is 12.6. The highest BCUT2D eigenvalue weighted by molar-refractivity contribution is 7.98. The number of thioether (sulfide) groups is 1. The summed E-state index contributed by atoms with van der Waals surface area (Å²) in [5.74, 6) is 0.639. The summed E-state index contributed by atoms with van der Waals surface area (Å²) in [6.07, 6.45) is 4.31. The van der Waals surface area contributed by atoms with E-state index in [1.54, 1.807) is 19.4 Å². The minimum atomic E-state index is 0.377. The molecule has 0 fully saturated rings. The van der Waals surface area contributed by atoms with Crippen molar-refractivity contribution in [3.63, 3.8) is 0 Å². The molecule has 0 aromatic carbocycles. The van der Waals surface area contributed by atoms with Gasteiger partial charge in [0.1, 0.15) is 11.4 Å². The van der Waals surface area contributed by atoms with Crippen LogP contribution in [0.4, 0.5) is 0 Å². The van der Waals surface area contributed by atoms with E-state index in [4.69, 9.17) is 4.74 Å². The molecule has 0 unspecified atom stereocenters. The van der Waals surface area contributed by atoms with Gasteiger partial charge < -0.3 is 4.74 Å². The van der Waals surface area contributed by atoms with Crippen molar-refractivity contribution in [2.75, 3.05) is 13.4 Å². The van der Waals surface area contributed by atoms with E-state index < -0.39 is 0 Å². The number of hydrogen-bond acceptors (Lipinski definition) is 5. The molecule has 2 aromatic heterocycles. The third-order valence-corrected chi connectivity index (χ3v) is 3.25. The Kier molecular flexibility index (Phi) is 3.94. The highest BCUT2D eigenvalue weighted by Crippen LogP contribution is 2.32. The van der Waals surface area contributed by atoms with E-state index in [2.05, 4.69) is 9.97 Å². The predicted molar refractivity (Wildman–Crippen MR) is 71.2 cm³/mol. The first-order chi connectivity index (χ1) is 8.80. The number of hydrogen-bond donors (Lipinski definition) is 0. The van der Waals surface area contributed by atoms with Gasteiger partial charge in [-0.1, -0.05) is 6.07 Å². The van der Waals surface area contributed by atoms with Gasteiger partial charge in [-0.25, -0.2) is 4.98 Å². The molecule has 0 radical (unpaired) electrons. The molecule has 0 N–H and O–H groups in total. The summed E-state index contributed by atoms with van der Waals surface area (Å²) in [6, 6.07) is 7.34. The maximum Gasteiger partial charge on any atom is 0.169 e. The van der Waals surface area contributed by atoms with Crippen molar-refractivity contribution < 1.29 is 9.53 Å². The second kappa shape index (κ2) is 5.64. The van der Waals surface area contributed by atoms with Gasteiger partial charge in [-0.05, 0) is 18.4 Å². The average molecular weight is 260 g/mol. The molecule has 2 heterocycles. The molecule has 0 saturated heterocycles. The van der Waals surface area contributed by atoms with Crippen molar-refractivity contribution in [2.45, 2.75) is 4.90 Å². The van der Waals surface area contributed by atoms with Gasteiger partial charge >= 0.3 is 0 Å². The highest BCUT2D eigenvalue weighted by Gasteiger charge is 2.13. The Balaban J connectivity index is 2.60. The average Bonchev–Trinajstić information content (AvgIpc) is 2.46. The molecule has 0 bridgehead atoms. The second-order valence-corrected chi connectivity index (χ2v) is 4.28. The molecule has 0 spiro atoms. The van der Waals surface area contributed by atoms with Crippen LogP contribution >= 0.6 is 11.8 Å². The zero-order valence-electron chi connectivity index (χ0n) is 10.1. The van der Waals surface area contributed by atoms with Crippen LogP contribution in [0.3, 0.4) is 0 Å². The van der Waals surface area contributed by atoms with E-state index in [0.29, 0.717) is 22.8 Å². The maximum atomic E-state index is 11.1. The van der Waals surface area contributed by atoms with Gasteiger partial charge in [0.2, 0.25) is 0 Å². The largest absolute Gasteiger partial charge is 0.495 e. The number of carbonyl (C=O) groups is 1. The first-order valence-corrected chi connectivity index (χ1v) is 6.52. The number of aromatic nitrogens is 2. The lowest BCUT2D eigenvalue weighted by Gasteiger charge is -2.10. The Morgan fingerprint density at radius 1 is 1.33 bits per heavy atom. The summed E-state index contributed by atoms with van der Waals surface area (Å²) in [5.41, 5.74) is 1.72. The quantitative estimate of drug-likeness (QED) is 0.625. The molecule has 0 amide bonds. The van der Waals surface area contributed by atoms with Crippen LogP contribution < -0.4 is 4.74 Å². The summed E-state index contributed by atoms with van der Waals surface area (Å²) in [6.45, 7) is 0. The molecule has 2 rings (SSSR count). The number of rotatable bonds is 4. The number of methoxy groups -OCH3 is 1. The van der Waals surface area contributed by atoms with Gasteiger partial charge in [-0.3, -0.25) is 9.78 Å². The lowest BCUT2D eigenvalue weighted by Crippen LogP contribution is -1.98. The molecule has 2 aromatic rings. The van der Waals surface area contributed by atoms with Crippen molar-refractivity contribution in [3.8, 4) is 17.1 Å². The molecule has 0 atom stereocenters. The van der Waals surface area contributed by atoms with Gasteiger partial charge in [-0.15, -0.1) is 11.8 Å². The molecule has 0 aliphatic carbocycles. The molecule has 0 aliphatic rings. The van der Waals surface area contributed by atoms with Crippen LogP contribution in [-0.4, -0.2) is 29.6 Å². The smallest absolute Gasteiger partial charge is 0.169 e. The van der Waals surface area contributed by atoms with Gasteiger partial charge in [0.15, 0.2) is 6.29 Å². The van der Waals surface area contributed by atoms with Gasteiger partial charge in [0.25, 0.3) is 0 Å². The Labute approximate surface area is 109 Å². The number of pyridine rings is 2. The molecule has 0 saturated carbocycles. The minimum absolute atomic E-state index is 0.377. The summed E-state index contributed by atoms with van der Waals surface area (Å²) >= 11 is 1.44. The third-order valence-electron chi connectivity index (χ3n) is 2.43. The molecule has 4 nitrogen and oxygen atoms in total. The Bertz CT molecular complexity index is 558. The van der Waals surface area contributed by atoms with Crippen molar-refractivity contribution in [1.82, 2.24) is 9.97 Å². The number of nitrogens with zero attached hydrogens (tertiary/aromatic N) is 2. The molecule has 0 aliphatic heterocycles. The summed E-state index contributed by atoms with van der Waals surface area (Å²) in [7, 11) is 1.58. The van der Waals surface area contributed by atoms with Crippen LogP contribution in [-0.2, 0) is 0 Å². The van der Waals surface area contributed by atoms with Crippen LogP contribution in [0.2, 0.25) is 0 Å². The van der Waals surface area contributed by atoms with Crippen LogP contribution in [0, 0.1) is 0 Å². The molecular formula is C13H12N2O2S. The van der Waals surface area contributed by atoms with E-state index in [1.807, 2.05) is 24.5 Å². The molecular weight excluding hydrogens is 248 g/mol. The van der Waals surface area contributed by atoms with Crippen LogP contribution in [0.25, 0.3) is 11.4 Å². The summed E-state index contributed by atoms with van der Waals surface area (Å²) < 4.78 is 5.29. The van der Waals surface area contributed by atoms with E-state index in [-0.39, 0.29) is 0 Å². The van der Waals surface area contributed by atoms with Crippen LogP contribution in [0.5, 0.6) is 5.75 Å². The van der Waals surface area contributed by atoms with Gasteiger partial charge in [0, 0.05) is 12.3 Å². The van der Waals surface area contributed by atoms with E-state index in [0.717, 1.165) is 11.2 Å². The number of ether oxygens (including phenoxy) is 1. The first-order valence-electron chi connectivity index (χ1n) is 5.29. The molecule has 92 valence electrons. The highest BCUT2D eigenvalue weighted by atomic mass is 32.2. The molecule has 5 heteroatoms. The van der Waals surface area contributed by atoms with Crippen LogP contribution in [0.15, 0.2) is 35.4 Å². The fraction of sp³-hybridized carbons (Fsp3) is 0.154. The standard InChI is InChI=1S/C13H12N2O2S/c1-17-12-7-10(9-5-3-4-6-14-9)15-11(8-16)13(12)18-2/h3-8H,1-2H3. The summed E-state index contributed by atoms with van der Waals surface area (Å²) in [5, 5.41) is 0. The SMILES string of the molecule is COc1cc(-c2ccccn2)nc(C=O)c1SC. The zero-order valence-corrected chi connectivity index (χ0v) is 10.9. The third kappa shape index (κ3) is 2.36.